The number of nitrogens with zero attached hydrogens (tertiary/aromatic N) is 1. The molecule has 0 saturated heterocycles. The molecule has 2 aromatic carbocycles. The van der Waals surface area contributed by atoms with Crippen LogP contribution in [0.15, 0.2) is 42.5 Å². The zero-order valence-electron chi connectivity index (χ0n) is 12.5. The van der Waals surface area contributed by atoms with Crippen LogP contribution in [0.1, 0.15) is 24.5 Å². The summed E-state index contributed by atoms with van der Waals surface area (Å²) < 4.78 is 5.61. The summed E-state index contributed by atoms with van der Waals surface area (Å²) >= 11 is 0. The molecule has 0 amide bonds. The van der Waals surface area contributed by atoms with Crippen LogP contribution < -0.4 is 15.4 Å². The number of nitrogens with two attached hydrogens (primary N) is 1. The number of rotatable bonds is 3. The molecule has 21 heavy (non-hydrogen) atoms. The molecular weight excluding hydrogens is 260 g/mol. The van der Waals surface area contributed by atoms with E-state index in [1.165, 1.54) is 11.1 Å². The zero-order chi connectivity index (χ0) is 14.7. The fraction of sp³-hybridized carbons (Fsp3) is 0.333. The van der Waals surface area contributed by atoms with Gasteiger partial charge in [0, 0.05) is 36.6 Å². The van der Waals surface area contributed by atoms with Gasteiger partial charge in [0.25, 0.3) is 0 Å². The van der Waals surface area contributed by atoms with E-state index in [2.05, 4.69) is 35.2 Å². The van der Waals surface area contributed by atoms with Crippen molar-refractivity contribution in [1.29, 1.82) is 0 Å². The fourth-order valence-corrected chi connectivity index (χ4v) is 2.96. The smallest absolute Gasteiger partial charge is 0.123 e. The molecule has 0 aliphatic carbocycles. The maximum atomic E-state index is 6.02. The average Bonchev–Trinajstić information content (AvgIpc) is 2.69. The Balaban J connectivity index is 1.90. The van der Waals surface area contributed by atoms with Crippen molar-refractivity contribution in [3.8, 4) is 5.75 Å². The van der Waals surface area contributed by atoms with Crippen LogP contribution in [0.5, 0.6) is 5.75 Å². The molecule has 0 bridgehead atoms. The topological polar surface area (TPSA) is 38.5 Å². The first kappa shape index (κ1) is 13.8. The van der Waals surface area contributed by atoms with Gasteiger partial charge in [0.15, 0.2) is 0 Å². The Bertz CT molecular complexity index is 624. The lowest BCUT2D eigenvalue weighted by atomic mass is 10.0. The predicted molar refractivity (Wildman–Crippen MR) is 87.8 cm³/mol. The van der Waals surface area contributed by atoms with Gasteiger partial charge >= 0.3 is 0 Å². The van der Waals surface area contributed by atoms with Crippen LogP contribution in [0, 0.1) is 0 Å². The van der Waals surface area contributed by atoms with Gasteiger partial charge in [0.1, 0.15) is 5.75 Å². The Labute approximate surface area is 126 Å². The van der Waals surface area contributed by atoms with E-state index >= 15 is 0 Å². The minimum absolute atomic E-state index is 0.658. The van der Waals surface area contributed by atoms with Crippen molar-refractivity contribution in [2.24, 2.45) is 0 Å². The highest BCUT2D eigenvalue weighted by Crippen LogP contribution is 2.29. The highest BCUT2D eigenvalue weighted by molar-refractivity contribution is 5.61. The first-order valence-electron chi connectivity index (χ1n) is 7.61. The number of aryl methyl sites for hydroxylation is 1. The Kier molecular flexibility index (Phi) is 4.00. The number of hydrogen-bond donors (Lipinski definition) is 1. The molecule has 0 unspecified atom stereocenters. The van der Waals surface area contributed by atoms with Crippen molar-refractivity contribution in [2.45, 2.75) is 26.3 Å². The normalized spacial score (nSPS) is 14.4. The number of hydrogen-bond acceptors (Lipinski definition) is 3. The summed E-state index contributed by atoms with van der Waals surface area (Å²) in [4.78, 5) is 2.39. The van der Waals surface area contributed by atoms with Crippen molar-refractivity contribution in [3.05, 3.63) is 53.6 Å². The van der Waals surface area contributed by atoms with E-state index in [4.69, 9.17) is 10.5 Å². The summed E-state index contributed by atoms with van der Waals surface area (Å²) in [6.07, 6.45) is 2.31. The zero-order valence-corrected chi connectivity index (χ0v) is 12.5. The second-order valence-electron chi connectivity index (χ2n) is 5.49. The van der Waals surface area contributed by atoms with Gasteiger partial charge in [-0.2, -0.15) is 0 Å². The van der Waals surface area contributed by atoms with E-state index in [1.807, 2.05) is 19.1 Å². The van der Waals surface area contributed by atoms with Gasteiger partial charge in [-0.05, 0) is 37.0 Å². The van der Waals surface area contributed by atoms with Gasteiger partial charge < -0.3 is 15.4 Å². The SMILES string of the molecule is CCOc1cc(N)cc(N2CCCc3ccccc3C2)c1. The van der Waals surface area contributed by atoms with Crippen molar-refractivity contribution in [1.82, 2.24) is 0 Å². The van der Waals surface area contributed by atoms with Crippen LogP contribution in [-0.4, -0.2) is 13.2 Å². The molecule has 2 aromatic rings. The first-order valence-corrected chi connectivity index (χ1v) is 7.61. The van der Waals surface area contributed by atoms with Gasteiger partial charge in [-0.15, -0.1) is 0 Å². The number of ether oxygens (including phenoxy) is 1. The molecule has 3 heteroatoms. The van der Waals surface area contributed by atoms with E-state index in [0.717, 1.165) is 43.1 Å². The van der Waals surface area contributed by atoms with Gasteiger partial charge in [-0.1, -0.05) is 24.3 Å². The fourth-order valence-electron chi connectivity index (χ4n) is 2.96. The molecule has 0 fully saturated rings. The summed E-state index contributed by atoms with van der Waals surface area (Å²) in [5, 5.41) is 0. The minimum Gasteiger partial charge on any atom is -0.494 e. The van der Waals surface area contributed by atoms with Crippen LogP contribution >= 0.6 is 0 Å². The van der Waals surface area contributed by atoms with Crippen molar-refractivity contribution < 1.29 is 4.74 Å². The molecule has 1 aliphatic rings. The predicted octanol–water partition coefficient (Wildman–Crippen LogP) is 3.62. The van der Waals surface area contributed by atoms with E-state index < -0.39 is 0 Å². The molecule has 0 aromatic heterocycles. The highest BCUT2D eigenvalue weighted by Gasteiger charge is 2.15. The van der Waals surface area contributed by atoms with E-state index in [0.29, 0.717) is 6.61 Å². The summed E-state index contributed by atoms with van der Waals surface area (Å²) in [6.45, 7) is 4.63. The summed E-state index contributed by atoms with van der Waals surface area (Å²) in [6, 6.07) is 14.7. The summed E-state index contributed by atoms with van der Waals surface area (Å²) in [5.41, 5.74) is 10.8. The van der Waals surface area contributed by atoms with E-state index in [-0.39, 0.29) is 0 Å². The first-order chi connectivity index (χ1) is 10.3. The van der Waals surface area contributed by atoms with E-state index in [9.17, 15) is 0 Å². The van der Waals surface area contributed by atoms with Crippen LogP contribution in [-0.2, 0) is 13.0 Å². The van der Waals surface area contributed by atoms with Crippen molar-refractivity contribution in [3.63, 3.8) is 0 Å². The molecule has 3 rings (SSSR count). The largest absolute Gasteiger partial charge is 0.494 e. The van der Waals surface area contributed by atoms with Gasteiger partial charge in [-0.25, -0.2) is 0 Å². The molecule has 1 aliphatic heterocycles. The van der Waals surface area contributed by atoms with Gasteiger partial charge in [0.05, 0.1) is 6.61 Å². The lowest BCUT2D eigenvalue weighted by molar-refractivity contribution is 0.340. The molecule has 3 nitrogen and oxygen atoms in total. The molecule has 0 spiro atoms. The summed E-state index contributed by atoms with van der Waals surface area (Å²) in [7, 11) is 0. The Hall–Kier alpha value is -2.16. The third kappa shape index (κ3) is 3.13. The molecule has 110 valence electrons. The molecule has 0 atom stereocenters. The second-order valence-corrected chi connectivity index (χ2v) is 5.49. The maximum absolute atomic E-state index is 6.02. The van der Waals surface area contributed by atoms with Crippen molar-refractivity contribution >= 4 is 11.4 Å². The standard InChI is InChI=1S/C18H22N2O/c1-2-21-18-11-16(19)10-17(12-18)20-9-5-8-14-6-3-4-7-15(14)13-20/h3-4,6-7,10-12H,2,5,8-9,13,19H2,1H3. The number of benzene rings is 2. The van der Waals surface area contributed by atoms with Crippen LogP contribution in [0.4, 0.5) is 11.4 Å². The molecular formula is C18H22N2O. The Morgan fingerprint density at radius 1 is 1.14 bits per heavy atom. The molecule has 1 heterocycles. The highest BCUT2D eigenvalue weighted by atomic mass is 16.5. The third-order valence-electron chi connectivity index (χ3n) is 3.94. The number of nitrogen functional groups attached to an aromatic ring is 1. The third-order valence-corrected chi connectivity index (χ3v) is 3.94. The van der Waals surface area contributed by atoms with Gasteiger partial charge in [-0.3, -0.25) is 0 Å². The monoisotopic (exact) mass is 282 g/mol. The second kappa shape index (κ2) is 6.08. The molecule has 0 radical (unpaired) electrons. The minimum atomic E-state index is 0.658. The van der Waals surface area contributed by atoms with Crippen molar-refractivity contribution in [2.75, 3.05) is 23.8 Å². The molecule has 2 N–H and O–H groups in total. The van der Waals surface area contributed by atoms with Crippen LogP contribution in [0.3, 0.4) is 0 Å². The Morgan fingerprint density at radius 2 is 1.95 bits per heavy atom. The lowest BCUT2D eigenvalue weighted by Gasteiger charge is -2.24. The quantitative estimate of drug-likeness (QED) is 0.874. The lowest BCUT2D eigenvalue weighted by Crippen LogP contribution is -2.22. The van der Waals surface area contributed by atoms with E-state index in [1.54, 1.807) is 0 Å². The number of anilines is 2. The summed E-state index contributed by atoms with van der Waals surface area (Å²) in [5.74, 6) is 0.852. The Morgan fingerprint density at radius 3 is 2.76 bits per heavy atom. The maximum Gasteiger partial charge on any atom is 0.123 e. The van der Waals surface area contributed by atoms with Gasteiger partial charge in [0.2, 0.25) is 0 Å². The van der Waals surface area contributed by atoms with Crippen LogP contribution in [0.2, 0.25) is 0 Å². The molecule has 0 saturated carbocycles. The number of fused-ring (bicyclic) bond motifs is 1. The van der Waals surface area contributed by atoms with Crippen LogP contribution in [0.25, 0.3) is 0 Å². The average molecular weight is 282 g/mol.